The molecule has 2 N–H and O–H groups in total. The monoisotopic (exact) mass is 244 g/mol. The number of aromatic nitrogens is 1. The molecule has 0 unspecified atom stereocenters. The topological polar surface area (TPSA) is 38.9 Å². The van der Waals surface area contributed by atoms with E-state index >= 15 is 0 Å². The molecule has 0 aromatic carbocycles. The van der Waals surface area contributed by atoms with E-state index < -0.39 is 0 Å². The Labute approximate surface area is 74.8 Å². The zero-order valence-electron chi connectivity index (χ0n) is 5.56. The molecule has 0 aliphatic carbocycles. The molecule has 50 valence electrons. The third kappa shape index (κ3) is 1.26. The highest BCUT2D eigenvalue weighted by molar-refractivity contribution is 14.1. The summed E-state index contributed by atoms with van der Waals surface area (Å²) in [6.45, 7) is 1.93. The first-order valence-electron chi connectivity index (χ1n) is 2.79. The molecule has 0 bridgehead atoms. The van der Waals surface area contributed by atoms with Crippen LogP contribution in [0.15, 0.2) is 6.20 Å². The van der Waals surface area contributed by atoms with Crippen molar-refractivity contribution in [3.63, 3.8) is 0 Å². The molecule has 0 saturated heterocycles. The lowest BCUT2D eigenvalue weighted by Crippen LogP contribution is -2.16. The molecule has 0 atom stereocenters. The normalized spacial score (nSPS) is 9.80. The van der Waals surface area contributed by atoms with Crippen molar-refractivity contribution in [2.75, 3.05) is 5.73 Å². The van der Waals surface area contributed by atoms with Crippen molar-refractivity contribution in [3.05, 3.63) is 15.3 Å². The van der Waals surface area contributed by atoms with E-state index in [9.17, 15) is 0 Å². The third-order valence-electron chi connectivity index (χ3n) is 1.36. The predicted molar refractivity (Wildman–Crippen MR) is 51.5 cm³/mol. The molecular weight excluding hydrogens is 238 g/mol. The molecule has 0 fully saturated rings. The van der Waals surface area contributed by atoms with E-state index in [1.807, 2.05) is 6.92 Å². The molecule has 0 amide bonds. The second-order valence-electron chi connectivity index (χ2n) is 2.03. The largest absolute Gasteiger partial charge is 0.384 e. The Morgan fingerprint density at radius 2 is 2.30 bits per heavy atom. The molecule has 0 aliphatic rings. The van der Waals surface area contributed by atoms with Crippen LogP contribution < -0.4 is 11.2 Å². The fourth-order valence-corrected chi connectivity index (χ4v) is 1.04. The van der Waals surface area contributed by atoms with Crippen molar-refractivity contribution in [1.82, 2.24) is 4.98 Å². The number of nitrogens with two attached hydrogens (primary N) is 1. The first-order chi connectivity index (χ1) is 4.63. The lowest BCUT2D eigenvalue weighted by atomic mass is 9.92. The molecule has 0 saturated carbocycles. The average molecular weight is 244 g/mol. The SMILES string of the molecule is [B]c1c(N)ncc(I)c1C. The van der Waals surface area contributed by atoms with E-state index in [1.54, 1.807) is 6.20 Å². The van der Waals surface area contributed by atoms with E-state index in [-0.39, 0.29) is 0 Å². The van der Waals surface area contributed by atoms with Crippen LogP contribution in [-0.4, -0.2) is 12.8 Å². The summed E-state index contributed by atoms with van der Waals surface area (Å²) < 4.78 is 1.05. The average Bonchev–Trinajstić information content (AvgIpc) is 1.93. The van der Waals surface area contributed by atoms with Crippen LogP contribution in [-0.2, 0) is 0 Å². The minimum atomic E-state index is 0.415. The fourth-order valence-electron chi connectivity index (χ4n) is 0.613. The summed E-state index contributed by atoms with van der Waals surface area (Å²) in [7, 11) is 5.59. The van der Waals surface area contributed by atoms with E-state index in [1.165, 1.54) is 0 Å². The predicted octanol–water partition coefficient (Wildman–Crippen LogP) is 0.371. The van der Waals surface area contributed by atoms with Crippen LogP contribution in [0.5, 0.6) is 0 Å². The van der Waals surface area contributed by atoms with Crippen molar-refractivity contribution >= 4 is 41.7 Å². The maximum atomic E-state index is 5.59. The molecular formula is C6H6BIN2. The highest BCUT2D eigenvalue weighted by Crippen LogP contribution is 2.07. The summed E-state index contributed by atoms with van der Waals surface area (Å²) in [6.07, 6.45) is 1.71. The Kier molecular flexibility index (Phi) is 2.18. The highest BCUT2D eigenvalue weighted by Gasteiger charge is 2.00. The lowest BCUT2D eigenvalue weighted by molar-refractivity contribution is 1.29. The van der Waals surface area contributed by atoms with Gasteiger partial charge in [0.05, 0.1) is 0 Å². The molecule has 1 aromatic heterocycles. The summed E-state index contributed by atoms with van der Waals surface area (Å²) in [4.78, 5) is 3.88. The molecule has 2 nitrogen and oxygen atoms in total. The van der Waals surface area contributed by atoms with Crippen molar-refractivity contribution in [1.29, 1.82) is 0 Å². The Morgan fingerprint density at radius 1 is 1.70 bits per heavy atom. The Bertz CT molecular complexity index is 235. The summed E-state index contributed by atoms with van der Waals surface area (Å²) in [5.41, 5.74) is 7.05. The van der Waals surface area contributed by atoms with E-state index in [4.69, 9.17) is 13.6 Å². The van der Waals surface area contributed by atoms with E-state index in [0.717, 1.165) is 9.13 Å². The first-order valence-corrected chi connectivity index (χ1v) is 3.87. The highest BCUT2D eigenvalue weighted by atomic mass is 127. The summed E-state index contributed by atoms with van der Waals surface area (Å²) in [6, 6.07) is 0. The number of nitrogens with zero attached hydrogens (tertiary/aromatic N) is 1. The van der Waals surface area contributed by atoms with Gasteiger partial charge in [-0.25, -0.2) is 4.98 Å². The smallest absolute Gasteiger partial charge is 0.119 e. The van der Waals surface area contributed by atoms with Crippen LogP contribution in [0.3, 0.4) is 0 Å². The molecule has 0 spiro atoms. The third-order valence-corrected chi connectivity index (χ3v) is 2.44. The summed E-state index contributed by atoms with van der Waals surface area (Å²) in [5, 5.41) is 0. The van der Waals surface area contributed by atoms with Gasteiger partial charge in [0.2, 0.25) is 0 Å². The molecule has 0 aliphatic heterocycles. The van der Waals surface area contributed by atoms with Crippen LogP contribution in [0.4, 0.5) is 5.82 Å². The number of hydrogen-bond donors (Lipinski definition) is 1. The second-order valence-corrected chi connectivity index (χ2v) is 3.19. The van der Waals surface area contributed by atoms with Crippen LogP contribution >= 0.6 is 22.6 Å². The van der Waals surface area contributed by atoms with Crippen LogP contribution in [0.25, 0.3) is 0 Å². The molecule has 10 heavy (non-hydrogen) atoms. The van der Waals surface area contributed by atoms with Gasteiger partial charge in [-0.15, -0.1) is 0 Å². The van der Waals surface area contributed by atoms with Gasteiger partial charge in [-0.2, -0.15) is 0 Å². The quantitative estimate of drug-likeness (QED) is 0.528. The van der Waals surface area contributed by atoms with Crippen molar-refractivity contribution in [2.45, 2.75) is 6.92 Å². The number of anilines is 1. The summed E-state index contributed by atoms with van der Waals surface area (Å²) in [5.74, 6) is 0.415. The molecule has 1 heterocycles. The molecule has 1 aromatic rings. The Morgan fingerprint density at radius 3 is 2.80 bits per heavy atom. The van der Waals surface area contributed by atoms with Crippen molar-refractivity contribution in [2.24, 2.45) is 0 Å². The Balaban J connectivity index is 3.34. The van der Waals surface area contributed by atoms with Gasteiger partial charge in [0, 0.05) is 9.77 Å². The van der Waals surface area contributed by atoms with Crippen LogP contribution in [0.1, 0.15) is 5.56 Å². The minimum Gasteiger partial charge on any atom is -0.384 e. The standard InChI is InChI=1S/C6H6BIN2/c1-3-4(8)2-10-6(9)5(3)7/h2H,1H3,(H2,9,10). The van der Waals surface area contributed by atoms with Gasteiger partial charge in [0.1, 0.15) is 13.7 Å². The van der Waals surface area contributed by atoms with Gasteiger partial charge in [0.15, 0.2) is 0 Å². The van der Waals surface area contributed by atoms with Gasteiger partial charge in [0.25, 0.3) is 0 Å². The van der Waals surface area contributed by atoms with Gasteiger partial charge >= 0.3 is 0 Å². The zero-order valence-corrected chi connectivity index (χ0v) is 7.71. The maximum Gasteiger partial charge on any atom is 0.119 e. The van der Waals surface area contributed by atoms with Crippen LogP contribution in [0, 0.1) is 10.5 Å². The number of pyridine rings is 1. The van der Waals surface area contributed by atoms with Crippen molar-refractivity contribution < 1.29 is 0 Å². The van der Waals surface area contributed by atoms with Gasteiger partial charge in [-0.3, -0.25) is 0 Å². The first kappa shape index (κ1) is 7.85. The van der Waals surface area contributed by atoms with E-state index in [2.05, 4.69) is 27.6 Å². The van der Waals surface area contributed by atoms with Gasteiger partial charge in [-0.05, 0) is 35.1 Å². The van der Waals surface area contributed by atoms with E-state index in [0.29, 0.717) is 11.3 Å². The second kappa shape index (κ2) is 2.78. The van der Waals surface area contributed by atoms with Crippen molar-refractivity contribution in [3.8, 4) is 0 Å². The molecule has 2 radical (unpaired) electrons. The number of rotatable bonds is 0. The zero-order chi connectivity index (χ0) is 7.72. The summed E-state index contributed by atoms with van der Waals surface area (Å²) >= 11 is 2.17. The maximum absolute atomic E-state index is 5.59. The molecule has 1 rings (SSSR count). The fraction of sp³-hybridized carbons (Fsp3) is 0.167. The number of hydrogen-bond acceptors (Lipinski definition) is 2. The van der Waals surface area contributed by atoms with Crippen LogP contribution in [0.2, 0.25) is 0 Å². The number of nitrogen functional groups attached to an aromatic ring is 1. The number of halogens is 1. The minimum absolute atomic E-state index is 0.415. The Hall–Kier alpha value is -0.255. The van der Waals surface area contributed by atoms with Gasteiger partial charge in [-0.1, -0.05) is 5.46 Å². The van der Waals surface area contributed by atoms with Gasteiger partial charge < -0.3 is 5.73 Å². The molecule has 4 heteroatoms. The lowest BCUT2D eigenvalue weighted by Gasteiger charge is -2.04.